The minimum absolute atomic E-state index is 0.0353. The number of pyridine rings is 1. The topological polar surface area (TPSA) is 101 Å². The first kappa shape index (κ1) is 21.4. The molecule has 0 radical (unpaired) electrons. The van der Waals surface area contributed by atoms with Crippen molar-refractivity contribution in [3.63, 3.8) is 0 Å². The standard InChI is InChI=1S/C26H19NO7/c1-31-21(28)13-18-16-4-3-11-27-25(16)34-19-10-9-17-23(29)20(33-24(17)22(18)19)12-14-5-7-15(8-6-14)26(30)32-2/h3-12,18H,13H2,1-2H3. The average Bonchev–Trinajstić information content (AvgIpc) is 3.18. The van der Waals surface area contributed by atoms with Gasteiger partial charge in [0, 0.05) is 23.2 Å². The highest BCUT2D eigenvalue weighted by Gasteiger charge is 2.39. The lowest BCUT2D eigenvalue weighted by atomic mass is 9.85. The molecule has 34 heavy (non-hydrogen) atoms. The second-order valence-electron chi connectivity index (χ2n) is 7.74. The van der Waals surface area contributed by atoms with Crippen molar-refractivity contribution in [2.45, 2.75) is 12.3 Å². The van der Waals surface area contributed by atoms with E-state index in [0.717, 1.165) is 0 Å². The number of carbonyl (C=O) groups is 3. The summed E-state index contributed by atoms with van der Waals surface area (Å²) in [6.45, 7) is 0. The number of hydrogen-bond acceptors (Lipinski definition) is 8. The van der Waals surface area contributed by atoms with Crippen LogP contribution in [0.2, 0.25) is 0 Å². The highest BCUT2D eigenvalue weighted by molar-refractivity contribution is 6.15. The van der Waals surface area contributed by atoms with Gasteiger partial charge in [0.15, 0.2) is 5.76 Å². The van der Waals surface area contributed by atoms with E-state index in [0.29, 0.717) is 45.2 Å². The van der Waals surface area contributed by atoms with Gasteiger partial charge in [-0.2, -0.15) is 0 Å². The molecule has 8 heteroatoms. The maximum absolute atomic E-state index is 13.1. The van der Waals surface area contributed by atoms with Crippen molar-refractivity contribution in [3.8, 4) is 17.4 Å². The molecule has 0 N–H and O–H groups in total. The van der Waals surface area contributed by atoms with Gasteiger partial charge >= 0.3 is 11.9 Å². The third-order valence-corrected chi connectivity index (χ3v) is 5.80. The Bertz CT molecular complexity index is 1360. The summed E-state index contributed by atoms with van der Waals surface area (Å²) in [6, 6.07) is 13.5. The van der Waals surface area contributed by atoms with Crippen molar-refractivity contribution in [3.05, 3.63) is 88.3 Å². The van der Waals surface area contributed by atoms with Crippen LogP contribution < -0.4 is 9.47 Å². The van der Waals surface area contributed by atoms with Crippen LogP contribution in [-0.2, 0) is 14.3 Å². The molecule has 0 spiro atoms. The number of carbonyl (C=O) groups excluding carboxylic acids is 3. The van der Waals surface area contributed by atoms with Crippen LogP contribution in [0.1, 0.15) is 49.7 Å². The number of benzene rings is 2. The number of Topliss-reactive ketones (excluding diaryl/α,β-unsaturated/α-hetero) is 1. The zero-order chi connectivity index (χ0) is 23.8. The Morgan fingerprint density at radius 1 is 1.03 bits per heavy atom. The molecule has 1 atom stereocenters. The van der Waals surface area contributed by atoms with Gasteiger partial charge in [-0.15, -0.1) is 0 Å². The highest BCUT2D eigenvalue weighted by atomic mass is 16.5. The molecule has 0 amide bonds. The van der Waals surface area contributed by atoms with Gasteiger partial charge in [-0.1, -0.05) is 18.2 Å². The molecule has 1 unspecified atom stereocenters. The van der Waals surface area contributed by atoms with Gasteiger partial charge < -0.3 is 18.9 Å². The van der Waals surface area contributed by atoms with Gasteiger partial charge in [0.05, 0.1) is 31.8 Å². The van der Waals surface area contributed by atoms with E-state index in [-0.39, 0.29) is 18.0 Å². The van der Waals surface area contributed by atoms with E-state index in [9.17, 15) is 14.4 Å². The van der Waals surface area contributed by atoms with Gasteiger partial charge in [0.1, 0.15) is 11.5 Å². The number of allylic oxidation sites excluding steroid dienone is 1. The predicted molar refractivity (Wildman–Crippen MR) is 120 cm³/mol. The number of ether oxygens (including phenoxy) is 4. The lowest BCUT2D eigenvalue weighted by molar-refractivity contribution is -0.140. The zero-order valence-corrected chi connectivity index (χ0v) is 18.4. The second-order valence-corrected chi connectivity index (χ2v) is 7.74. The number of esters is 2. The fourth-order valence-electron chi connectivity index (χ4n) is 4.13. The Labute approximate surface area is 194 Å². The Morgan fingerprint density at radius 2 is 1.82 bits per heavy atom. The molecule has 0 aliphatic carbocycles. The predicted octanol–water partition coefficient (Wildman–Crippen LogP) is 4.29. The molecule has 8 nitrogen and oxygen atoms in total. The van der Waals surface area contributed by atoms with E-state index < -0.39 is 17.9 Å². The smallest absolute Gasteiger partial charge is 0.337 e. The fraction of sp³-hybridized carbons (Fsp3) is 0.154. The second kappa shape index (κ2) is 8.47. The first-order valence-corrected chi connectivity index (χ1v) is 10.5. The summed E-state index contributed by atoms with van der Waals surface area (Å²) in [6.07, 6.45) is 3.25. The number of rotatable bonds is 4. The minimum Gasteiger partial charge on any atom is -0.469 e. The highest BCUT2D eigenvalue weighted by Crippen LogP contribution is 2.52. The van der Waals surface area contributed by atoms with E-state index in [1.54, 1.807) is 54.7 Å². The molecule has 0 saturated carbocycles. The first-order chi connectivity index (χ1) is 16.5. The van der Waals surface area contributed by atoms with Gasteiger partial charge in [-0.05, 0) is 42.0 Å². The zero-order valence-electron chi connectivity index (χ0n) is 18.4. The number of nitrogens with zero attached hydrogens (tertiary/aromatic N) is 1. The maximum atomic E-state index is 13.1. The Kier molecular flexibility index (Phi) is 5.33. The molecule has 2 aliphatic heterocycles. The molecule has 3 heterocycles. The van der Waals surface area contributed by atoms with Gasteiger partial charge in [0.25, 0.3) is 0 Å². The average molecular weight is 457 g/mol. The van der Waals surface area contributed by atoms with Crippen LogP contribution in [-0.4, -0.2) is 36.9 Å². The van der Waals surface area contributed by atoms with Crippen LogP contribution >= 0.6 is 0 Å². The van der Waals surface area contributed by atoms with Crippen molar-refractivity contribution in [2.24, 2.45) is 0 Å². The van der Waals surface area contributed by atoms with Crippen LogP contribution in [0.25, 0.3) is 6.08 Å². The number of aromatic nitrogens is 1. The van der Waals surface area contributed by atoms with Crippen LogP contribution in [0.15, 0.2) is 60.5 Å². The molecule has 0 fully saturated rings. The number of methoxy groups -OCH3 is 2. The molecule has 0 saturated heterocycles. The van der Waals surface area contributed by atoms with Crippen molar-refractivity contribution >= 4 is 23.8 Å². The van der Waals surface area contributed by atoms with Crippen molar-refractivity contribution in [1.29, 1.82) is 0 Å². The minimum atomic E-state index is -0.457. The van der Waals surface area contributed by atoms with Gasteiger partial charge in [-0.25, -0.2) is 9.78 Å². The fourth-order valence-corrected chi connectivity index (χ4v) is 4.13. The lowest BCUT2D eigenvalue weighted by Gasteiger charge is -2.27. The Morgan fingerprint density at radius 3 is 2.56 bits per heavy atom. The molecule has 2 aromatic carbocycles. The lowest BCUT2D eigenvalue weighted by Crippen LogP contribution is -2.16. The van der Waals surface area contributed by atoms with E-state index in [4.69, 9.17) is 18.9 Å². The number of ketones is 1. The molecule has 2 aliphatic rings. The molecule has 3 aromatic rings. The number of fused-ring (bicyclic) bond motifs is 4. The summed E-state index contributed by atoms with van der Waals surface area (Å²) in [4.78, 5) is 41.3. The molecule has 1 aromatic heterocycles. The van der Waals surface area contributed by atoms with Crippen LogP contribution in [0.4, 0.5) is 0 Å². The van der Waals surface area contributed by atoms with E-state index in [1.807, 2.05) is 6.07 Å². The van der Waals surface area contributed by atoms with Gasteiger partial charge in [0.2, 0.25) is 11.7 Å². The SMILES string of the molecule is COC(=O)CC1c2cccnc2Oc2ccc3c(c21)OC(=Cc1ccc(C(=O)OC)cc1)C3=O. The normalized spacial score (nSPS) is 16.6. The molecule has 5 rings (SSSR count). The summed E-state index contributed by atoms with van der Waals surface area (Å²) in [7, 11) is 2.64. The Balaban J connectivity index is 1.54. The number of hydrogen-bond donors (Lipinski definition) is 0. The quantitative estimate of drug-likeness (QED) is 0.423. The van der Waals surface area contributed by atoms with Crippen molar-refractivity contribution in [1.82, 2.24) is 4.98 Å². The van der Waals surface area contributed by atoms with Crippen molar-refractivity contribution < 1.29 is 33.3 Å². The Hall–Kier alpha value is -4.46. The molecular formula is C26H19NO7. The van der Waals surface area contributed by atoms with Gasteiger partial charge in [-0.3, -0.25) is 9.59 Å². The van der Waals surface area contributed by atoms with E-state index in [2.05, 4.69) is 4.98 Å². The summed E-state index contributed by atoms with van der Waals surface area (Å²) < 4.78 is 21.6. The summed E-state index contributed by atoms with van der Waals surface area (Å²) >= 11 is 0. The third-order valence-electron chi connectivity index (χ3n) is 5.80. The van der Waals surface area contributed by atoms with Crippen LogP contribution in [0.5, 0.6) is 17.4 Å². The van der Waals surface area contributed by atoms with Crippen LogP contribution in [0, 0.1) is 0 Å². The molecule has 170 valence electrons. The summed E-state index contributed by atoms with van der Waals surface area (Å²) in [5.74, 6) is -0.254. The monoisotopic (exact) mass is 457 g/mol. The first-order valence-electron chi connectivity index (χ1n) is 10.5. The summed E-state index contributed by atoms with van der Waals surface area (Å²) in [5.41, 5.74) is 2.76. The summed E-state index contributed by atoms with van der Waals surface area (Å²) in [5, 5.41) is 0. The molecular weight excluding hydrogens is 438 g/mol. The van der Waals surface area contributed by atoms with E-state index in [1.165, 1.54) is 14.2 Å². The van der Waals surface area contributed by atoms with Crippen LogP contribution in [0.3, 0.4) is 0 Å². The van der Waals surface area contributed by atoms with E-state index >= 15 is 0 Å². The molecule has 0 bridgehead atoms. The largest absolute Gasteiger partial charge is 0.469 e. The van der Waals surface area contributed by atoms with Crippen molar-refractivity contribution in [2.75, 3.05) is 14.2 Å². The third kappa shape index (κ3) is 3.59. The maximum Gasteiger partial charge on any atom is 0.337 e.